The molecule has 2 saturated carbocycles. The number of ether oxygens (including phenoxy) is 1. The van der Waals surface area contributed by atoms with Gasteiger partial charge in [-0.3, -0.25) is 4.90 Å². The molecule has 0 amide bonds. The molecule has 0 unspecified atom stereocenters. The second-order valence-electron chi connectivity index (χ2n) is 9.31. The zero-order valence-electron chi connectivity index (χ0n) is 17.8. The van der Waals surface area contributed by atoms with E-state index in [-0.39, 0.29) is 0 Å². The van der Waals surface area contributed by atoms with Gasteiger partial charge in [-0.25, -0.2) is 0 Å². The normalized spacial score (nSPS) is 22.8. The van der Waals surface area contributed by atoms with Crippen LogP contribution in [0.4, 0.5) is 0 Å². The monoisotopic (exact) mass is 390 g/mol. The molecule has 0 N–H and O–H groups in total. The number of piperazine rings is 1. The van der Waals surface area contributed by atoms with Crippen LogP contribution in [0.15, 0.2) is 48.5 Å². The molecule has 2 aromatic carbocycles. The van der Waals surface area contributed by atoms with Crippen LogP contribution < -0.4 is 0 Å². The molecule has 0 bridgehead atoms. The van der Waals surface area contributed by atoms with Crippen molar-refractivity contribution in [2.75, 3.05) is 33.2 Å². The van der Waals surface area contributed by atoms with E-state index in [9.17, 15) is 0 Å². The second-order valence-corrected chi connectivity index (χ2v) is 9.31. The zero-order valence-corrected chi connectivity index (χ0v) is 17.8. The van der Waals surface area contributed by atoms with Crippen LogP contribution in [0.5, 0.6) is 0 Å². The standard InChI is InChI=1S/C26H34N2O/c1-27-16-18-28(19-17-27)26(14-15-26)24-12-10-23(11-13-24)22-8-6-21(7-9-22)20-29-25-4-2-3-5-25/h6-13,25H,2-5,14-20H2,1H3. The van der Waals surface area contributed by atoms with Gasteiger partial charge in [0.1, 0.15) is 0 Å². The van der Waals surface area contributed by atoms with E-state index in [1.54, 1.807) is 0 Å². The summed E-state index contributed by atoms with van der Waals surface area (Å²) in [6.07, 6.45) is 8.24. The summed E-state index contributed by atoms with van der Waals surface area (Å²) in [5, 5.41) is 0. The van der Waals surface area contributed by atoms with Crippen LogP contribution in [0.25, 0.3) is 11.1 Å². The van der Waals surface area contributed by atoms with Crippen LogP contribution in [-0.4, -0.2) is 49.1 Å². The summed E-state index contributed by atoms with van der Waals surface area (Å²) in [5.41, 5.74) is 5.72. The maximum Gasteiger partial charge on any atom is 0.0720 e. The fourth-order valence-corrected chi connectivity index (χ4v) is 5.18. The molecule has 29 heavy (non-hydrogen) atoms. The Kier molecular flexibility index (Phi) is 5.47. The van der Waals surface area contributed by atoms with E-state index in [1.807, 2.05) is 0 Å². The second kappa shape index (κ2) is 8.22. The Hall–Kier alpha value is -1.68. The number of likely N-dealkylation sites (N-methyl/N-ethyl adjacent to an activating group) is 1. The van der Waals surface area contributed by atoms with Gasteiger partial charge < -0.3 is 9.64 Å². The highest BCUT2D eigenvalue weighted by molar-refractivity contribution is 5.64. The first-order chi connectivity index (χ1) is 14.2. The Labute approximate surface area is 175 Å². The molecular formula is C26H34N2O. The maximum atomic E-state index is 6.05. The van der Waals surface area contributed by atoms with Crippen LogP contribution >= 0.6 is 0 Å². The lowest BCUT2D eigenvalue weighted by atomic mass is 9.97. The number of nitrogens with zero attached hydrogens (tertiary/aromatic N) is 2. The molecule has 2 aliphatic carbocycles. The molecule has 5 rings (SSSR count). The minimum absolute atomic E-state index is 0.321. The third-order valence-electron chi connectivity index (χ3n) is 7.33. The van der Waals surface area contributed by atoms with Gasteiger partial charge in [0.15, 0.2) is 0 Å². The number of hydrogen-bond donors (Lipinski definition) is 0. The first-order valence-electron chi connectivity index (χ1n) is 11.5. The van der Waals surface area contributed by atoms with Crippen molar-refractivity contribution in [1.29, 1.82) is 0 Å². The predicted octanol–water partition coefficient (Wildman–Crippen LogP) is 5.05. The summed E-state index contributed by atoms with van der Waals surface area (Å²) in [5.74, 6) is 0. The van der Waals surface area contributed by atoms with Gasteiger partial charge in [-0.15, -0.1) is 0 Å². The fourth-order valence-electron chi connectivity index (χ4n) is 5.18. The van der Waals surface area contributed by atoms with E-state index in [1.165, 1.54) is 87.0 Å². The van der Waals surface area contributed by atoms with Gasteiger partial charge in [-0.2, -0.15) is 0 Å². The highest BCUT2D eigenvalue weighted by Gasteiger charge is 2.49. The molecule has 0 spiro atoms. The third kappa shape index (κ3) is 4.14. The number of rotatable bonds is 6. The molecule has 1 aliphatic heterocycles. The number of benzene rings is 2. The summed E-state index contributed by atoms with van der Waals surface area (Å²) in [4.78, 5) is 5.17. The smallest absolute Gasteiger partial charge is 0.0720 e. The van der Waals surface area contributed by atoms with E-state index >= 15 is 0 Å². The van der Waals surface area contributed by atoms with Gasteiger partial charge in [-0.05, 0) is 55.0 Å². The van der Waals surface area contributed by atoms with E-state index < -0.39 is 0 Å². The van der Waals surface area contributed by atoms with Crippen molar-refractivity contribution in [3.05, 3.63) is 59.7 Å². The molecule has 3 fully saturated rings. The van der Waals surface area contributed by atoms with Crippen LogP contribution in [0.2, 0.25) is 0 Å². The van der Waals surface area contributed by atoms with Crippen molar-refractivity contribution in [3.8, 4) is 11.1 Å². The van der Waals surface area contributed by atoms with E-state index in [2.05, 4.69) is 65.4 Å². The van der Waals surface area contributed by atoms with Crippen molar-refractivity contribution in [2.24, 2.45) is 0 Å². The van der Waals surface area contributed by atoms with E-state index in [0.29, 0.717) is 11.6 Å². The van der Waals surface area contributed by atoms with Crippen molar-refractivity contribution in [3.63, 3.8) is 0 Å². The van der Waals surface area contributed by atoms with Crippen LogP contribution in [-0.2, 0) is 16.9 Å². The number of hydrogen-bond acceptors (Lipinski definition) is 3. The molecule has 0 radical (unpaired) electrons. The summed E-state index contributed by atoms with van der Waals surface area (Å²) in [7, 11) is 2.23. The summed E-state index contributed by atoms with van der Waals surface area (Å²) in [6.45, 7) is 5.52. The Morgan fingerprint density at radius 1 is 0.828 bits per heavy atom. The molecule has 154 valence electrons. The van der Waals surface area contributed by atoms with Gasteiger partial charge in [0.2, 0.25) is 0 Å². The summed E-state index contributed by atoms with van der Waals surface area (Å²) in [6, 6.07) is 18.3. The minimum atomic E-state index is 0.321. The van der Waals surface area contributed by atoms with Gasteiger partial charge >= 0.3 is 0 Å². The Morgan fingerprint density at radius 3 is 2.00 bits per heavy atom. The van der Waals surface area contributed by atoms with Crippen LogP contribution in [0.1, 0.15) is 49.7 Å². The highest BCUT2D eigenvalue weighted by Crippen LogP contribution is 2.51. The first kappa shape index (κ1) is 19.3. The van der Waals surface area contributed by atoms with Crippen molar-refractivity contribution in [1.82, 2.24) is 9.80 Å². The average Bonchev–Trinajstić information content (AvgIpc) is 3.41. The fraction of sp³-hybridized carbons (Fsp3) is 0.538. The summed E-state index contributed by atoms with van der Waals surface area (Å²) < 4.78 is 6.05. The molecule has 3 nitrogen and oxygen atoms in total. The quantitative estimate of drug-likeness (QED) is 0.686. The molecule has 0 aromatic heterocycles. The SMILES string of the molecule is CN1CCN(C2(c3ccc(-c4ccc(COC5CCCC5)cc4)cc3)CC2)CC1. The van der Waals surface area contributed by atoms with E-state index in [0.717, 1.165) is 6.61 Å². The Balaban J connectivity index is 1.23. The Bertz CT molecular complexity index is 796. The molecule has 2 aromatic rings. The molecular weight excluding hydrogens is 356 g/mol. The third-order valence-corrected chi connectivity index (χ3v) is 7.33. The van der Waals surface area contributed by atoms with Gasteiger partial charge in [0.05, 0.1) is 12.7 Å². The van der Waals surface area contributed by atoms with Gasteiger partial charge in [-0.1, -0.05) is 61.4 Å². The van der Waals surface area contributed by atoms with Crippen LogP contribution in [0.3, 0.4) is 0 Å². The lowest BCUT2D eigenvalue weighted by Crippen LogP contribution is -2.49. The molecule has 1 heterocycles. The zero-order chi connectivity index (χ0) is 19.7. The largest absolute Gasteiger partial charge is 0.374 e. The maximum absolute atomic E-state index is 6.05. The molecule has 3 heteroatoms. The predicted molar refractivity (Wildman–Crippen MR) is 119 cm³/mol. The lowest BCUT2D eigenvalue weighted by Gasteiger charge is -2.38. The van der Waals surface area contributed by atoms with Gasteiger partial charge in [0.25, 0.3) is 0 Å². The molecule has 3 aliphatic rings. The first-order valence-corrected chi connectivity index (χ1v) is 11.5. The molecule has 0 atom stereocenters. The molecule has 1 saturated heterocycles. The minimum Gasteiger partial charge on any atom is -0.374 e. The van der Waals surface area contributed by atoms with Crippen molar-refractivity contribution >= 4 is 0 Å². The Morgan fingerprint density at radius 2 is 1.41 bits per heavy atom. The van der Waals surface area contributed by atoms with Crippen molar-refractivity contribution in [2.45, 2.75) is 56.8 Å². The summed E-state index contributed by atoms with van der Waals surface area (Å²) >= 11 is 0. The van der Waals surface area contributed by atoms with E-state index in [4.69, 9.17) is 4.74 Å². The van der Waals surface area contributed by atoms with Gasteiger partial charge in [0, 0.05) is 31.7 Å². The van der Waals surface area contributed by atoms with Crippen molar-refractivity contribution < 1.29 is 4.74 Å². The lowest BCUT2D eigenvalue weighted by molar-refractivity contribution is 0.0457. The van der Waals surface area contributed by atoms with Crippen LogP contribution in [0, 0.1) is 0 Å². The highest BCUT2D eigenvalue weighted by atomic mass is 16.5. The average molecular weight is 391 g/mol. The topological polar surface area (TPSA) is 15.7 Å².